The van der Waals surface area contributed by atoms with E-state index in [9.17, 15) is 5.11 Å². The molecule has 0 radical (unpaired) electrons. The van der Waals surface area contributed by atoms with Crippen molar-refractivity contribution in [2.75, 3.05) is 0 Å². The molecule has 1 aliphatic heterocycles. The van der Waals surface area contributed by atoms with Crippen LogP contribution in [-0.4, -0.2) is 23.4 Å². The molecule has 2 rings (SSSR count). The lowest BCUT2D eigenvalue weighted by Gasteiger charge is -2.32. The van der Waals surface area contributed by atoms with Crippen molar-refractivity contribution >= 4 is 12.6 Å². The number of aliphatic hydroxyl groups excluding tert-OH is 1. The molecule has 0 bridgehead atoms. The highest BCUT2D eigenvalue weighted by atomic mass is 16.7. The minimum absolute atomic E-state index is 0.0608. The van der Waals surface area contributed by atoms with Gasteiger partial charge in [-0.1, -0.05) is 23.3 Å². The monoisotopic (exact) mass is 262 g/mol. The van der Waals surface area contributed by atoms with Crippen molar-refractivity contribution < 1.29 is 14.4 Å². The first-order chi connectivity index (χ1) is 8.68. The fraction of sp³-hybridized carbons (Fsp3) is 0.600. The summed E-state index contributed by atoms with van der Waals surface area (Å²) in [5.41, 5.74) is 3.55. The van der Waals surface area contributed by atoms with Crippen molar-refractivity contribution in [1.82, 2.24) is 0 Å². The Kier molecular flexibility index (Phi) is 3.54. The van der Waals surface area contributed by atoms with Crippen LogP contribution in [0.1, 0.15) is 44.4 Å². The van der Waals surface area contributed by atoms with Gasteiger partial charge in [-0.05, 0) is 52.6 Å². The summed E-state index contributed by atoms with van der Waals surface area (Å²) in [6.45, 7) is 12.4. The minimum Gasteiger partial charge on any atom is -0.399 e. The number of aliphatic hydroxyl groups is 1. The first-order valence-corrected chi connectivity index (χ1v) is 6.74. The maximum atomic E-state index is 9.25. The van der Waals surface area contributed by atoms with E-state index in [2.05, 4.69) is 27.7 Å². The second-order valence-corrected chi connectivity index (χ2v) is 6.39. The van der Waals surface area contributed by atoms with Crippen LogP contribution in [0.5, 0.6) is 0 Å². The lowest BCUT2D eigenvalue weighted by Crippen LogP contribution is -2.41. The normalized spacial score (nSPS) is 20.9. The van der Waals surface area contributed by atoms with Crippen LogP contribution in [0, 0.1) is 13.8 Å². The smallest absolute Gasteiger partial charge is 0.399 e. The molecule has 0 amide bonds. The van der Waals surface area contributed by atoms with Crippen molar-refractivity contribution in [1.29, 1.82) is 0 Å². The molecule has 1 aromatic rings. The number of benzene rings is 1. The molecule has 0 atom stereocenters. The number of rotatable bonds is 2. The standard InChI is InChI=1S/C15H23BO3/c1-10-7-12(9-17)8-11(2)13(10)16-18-14(3,4)15(5,6)19-16/h7-8,17H,9H2,1-6H3. The van der Waals surface area contributed by atoms with E-state index in [1.165, 1.54) is 0 Å². The fourth-order valence-corrected chi connectivity index (χ4v) is 2.49. The summed E-state index contributed by atoms with van der Waals surface area (Å²) in [4.78, 5) is 0. The molecule has 0 unspecified atom stereocenters. The van der Waals surface area contributed by atoms with Crippen molar-refractivity contribution in [3.8, 4) is 0 Å². The minimum atomic E-state index is -0.335. The van der Waals surface area contributed by atoms with E-state index in [4.69, 9.17) is 9.31 Å². The summed E-state index contributed by atoms with van der Waals surface area (Å²) < 4.78 is 12.2. The van der Waals surface area contributed by atoms with Crippen LogP contribution in [-0.2, 0) is 15.9 Å². The zero-order valence-electron chi connectivity index (χ0n) is 12.7. The van der Waals surface area contributed by atoms with Crippen LogP contribution in [0.15, 0.2) is 12.1 Å². The van der Waals surface area contributed by atoms with Crippen molar-refractivity contribution in [2.45, 2.75) is 59.4 Å². The molecule has 1 saturated heterocycles. The summed E-state index contributed by atoms with van der Waals surface area (Å²) in [6.07, 6.45) is 0. The zero-order chi connectivity index (χ0) is 14.4. The Balaban J connectivity index is 2.40. The Morgan fingerprint density at radius 3 is 1.79 bits per heavy atom. The van der Waals surface area contributed by atoms with E-state index >= 15 is 0 Å². The Morgan fingerprint density at radius 1 is 1.00 bits per heavy atom. The molecule has 1 aliphatic rings. The number of hydrogen-bond donors (Lipinski definition) is 1. The average Bonchev–Trinajstić information content (AvgIpc) is 2.46. The van der Waals surface area contributed by atoms with Crippen LogP contribution in [0.2, 0.25) is 0 Å². The van der Waals surface area contributed by atoms with Crippen LogP contribution in [0.25, 0.3) is 0 Å². The lowest BCUT2D eigenvalue weighted by molar-refractivity contribution is 0.00578. The molecule has 19 heavy (non-hydrogen) atoms. The predicted molar refractivity (Wildman–Crippen MR) is 77.6 cm³/mol. The quantitative estimate of drug-likeness (QED) is 0.829. The fourth-order valence-electron chi connectivity index (χ4n) is 2.49. The second kappa shape index (κ2) is 4.62. The first kappa shape index (κ1) is 14.6. The van der Waals surface area contributed by atoms with Gasteiger partial charge in [-0.2, -0.15) is 0 Å². The summed E-state index contributed by atoms with van der Waals surface area (Å²) in [7, 11) is -0.335. The molecule has 1 N–H and O–H groups in total. The zero-order valence-corrected chi connectivity index (χ0v) is 12.7. The molecule has 1 aromatic carbocycles. The first-order valence-electron chi connectivity index (χ1n) is 6.74. The van der Waals surface area contributed by atoms with E-state index in [0.29, 0.717) is 0 Å². The molecule has 0 spiro atoms. The van der Waals surface area contributed by atoms with Gasteiger partial charge in [0.2, 0.25) is 0 Å². The van der Waals surface area contributed by atoms with Gasteiger partial charge < -0.3 is 14.4 Å². The predicted octanol–water partition coefficient (Wildman–Crippen LogP) is 2.09. The third-order valence-corrected chi connectivity index (χ3v) is 4.33. The van der Waals surface area contributed by atoms with Gasteiger partial charge >= 0.3 is 7.12 Å². The van der Waals surface area contributed by atoms with Crippen LogP contribution < -0.4 is 5.46 Å². The van der Waals surface area contributed by atoms with E-state index in [0.717, 1.165) is 22.2 Å². The molecule has 0 aliphatic carbocycles. The van der Waals surface area contributed by atoms with Gasteiger partial charge in [0.15, 0.2) is 0 Å². The molecular formula is C15H23BO3. The Morgan fingerprint density at radius 2 is 1.42 bits per heavy atom. The maximum absolute atomic E-state index is 9.25. The summed E-state index contributed by atoms with van der Waals surface area (Å²) >= 11 is 0. The average molecular weight is 262 g/mol. The Labute approximate surface area is 116 Å². The highest BCUT2D eigenvalue weighted by molar-refractivity contribution is 6.63. The van der Waals surface area contributed by atoms with Gasteiger partial charge in [-0.3, -0.25) is 0 Å². The van der Waals surface area contributed by atoms with Gasteiger partial charge in [0.1, 0.15) is 0 Å². The summed E-state index contributed by atoms with van der Waals surface area (Å²) in [5.74, 6) is 0. The maximum Gasteiger partial charge on any atom is 0.495 e. The molecule has 0 aromatic heterocycles. The third-order valence-electron chi connectivity index (χ3n) is 4.33. The Hall–Kier alpha value is -0.835. The van der Waals surface area contributed by atoms with Crippen molar-refractivity contribution in [2.24, 2.45) is 0 Å². The van der Waals surface area contributed by atoms with Crippen molar-refractivity contribution in [3.05, 3.63) is 28.8 Å². The van der Waals surface area contributed by atoms with Crippen molar-refractivity contribution in [3.63, 3.8) is 0 Å². The SMILES string of the molecule is Cc1cc(CO)cc(C)c1B1OC(C)(C)C(C)(C)O1. The molecule has 0 saturated carbocycles. The van der Waals surface area contributed by atoms with Crippen LogP contribution in [0.3, 0.4) is 0 Å². The van der Waals surface area contributed by atoms with Gasteiger partial charge in [-0.15, -0.1) is 0 Å². The number of hydrogen-bond acceptors (Lipinski definition) is 3. The molecular weight excluding hydrogens is 239 g/mol. The van der Waals surface area contributed by atoms with Gasteiger partial charge in [0, 0.05) is 0 Å². The highest BCUT2D eigenvalue weighted by Gasteiger charge is 2.52. The van der Waals surface area contributed by atoms with Crippen LogP contribution in [0.4, 0.5) is 0 Å². The topological polar surface area (TPSA) is 38.7 Å². The highest BCUT2D eigenvalue weighted by Crippen LogP contribution is 2.37. The second-order valence-electron chi connectivity index (χ2n) is 6.39. The van der Waals surface area contributed by atoms with Gasteiger partial charge in [0.05, 0.1) is 17.8 Å². The third kappa shape index (κ3) is 2.45. The van der Waals surface area contributed by atoms with E-state index < -0.39 is 0 Å². The lowest BCUT2D eigenvalue weighted by atomic mass is 9.73. The summed E-state index contributed by atoms with van der Waals surface area (Å²) in [6, 6.07) is 3.99. The molecule has 1 heterocycles. The van der Waals surface area contributed by atoms with E-state index in [-0.39, 0.29) is 24.9 Å². The molecule has 1 fully saturated rings. The number of aryl methyl sites for hydroxylation is 2. The molecule has 4 heteroatoms. The van der Waals surface area contributed by atoms with Gasteiger partial charge in [0.25, 0.3) is 0 Å². The van der Waals surface area contributed by atoms with E-state index in [1.54, 1.807) is 0 Å². The summed E-state index contributed by atoms with van der Waals surface area (Å²) in [5, 5.41) is 9.25. The van der Waals surface area contributed by atoms with E-state index in [1.807, 2.05) is 26.0 Å². The van der Waals surface area contributed by atoms with Gasteiger partial charge in [-0.25, -0.2) is 0 Å². The molecule has 3 nitrogen and oxygen atoms in total. The van der Waals surface area contributed by atoms with Crippen LogP contribution >= 0.6 is 0 Å². The Bertz CT molecular complexity index is 455. The largest absolute Gasteiger partial charge is 0.495 e. The molecule has 104 valence electrons.